The van der Waals surface area contributed by atoms with Gasteiger partial charge in [-0.3, -0.25) is 9.36 Å². The first kappa shape index (κ1) is 65.7. The van der Waals surface area contributed by atoms with Gasteiger partial charge in [0.2, 0.25) is 5.91 Å². The molecule has 3 unspecified atom stereocenters. The normalized spacial score (nSPS) is 14.2. The number of carbonyl (C=O) groups is 1. The molecule has 0 saturated carbocycles. The zero-order valence-corrected chi connectivity index (χ0v) is 46.0. The molecule has 0 saturated heterocycles. The summed E-state index contributed by atoms with van der Waals surface area (Å²) < 4.78 is 23.2. The van der Waals surface area contributed by atoms with Gasteiger partial charge in [-0.05, 0) is 38.5 Å². The summed E-state index contributed by atoms with van der Waals surface area (Å²) in [6.07, 6.45) is 64.1. The minimum atomic E-state index is -4.60. The number of likely N-dealkylation sites (N-methyl/N-ethyl adjacent to an activating group) is 1. The third kappa shape index (κ3) is 52.4. The number of unbranched alkanes of at least 4 members (excludes halogenated alkanes) is 36. The second-order valence-corrected chi connectivity index (χ2v) is 22.4. The van der Waals surface area contributed by atoms with Gasteiger partial charge >= 0.3 is 0 Å². The smallest absolute Gasteiger partial charge is 0.268 e. The van der Waals surface area contributed by atoms with Crippen molar-refractivity contribution in [2.24, 2.45) is 0 Å². The first-order chi connectivity index (χ1) is 32.5. The molecule has 3 atom stereocenters. The number of phosphoric ester groups is 1. The van der Waals surface area contributed by atoms with Crippen LogP contribution in [0.2, 0.25) is 0 Å². The van der Waals surface area contributed by atoms with Gasteiger partial charge in [0, 0.05) is 6.42 Å². The van der Waals surface area contributed by atoms with E-state index in [0.717, 1.165) is 51.4 Å². The lowest BCUT2D eigenvalue weighted by Crippen LogP contribution is -2.45. The standard InChI is InChI=1S/C58H113N2O6P/c1-6-8-10-12-14-16-18-19-20-21-22-23-24-25-26-27-28-29-30-31-32-33-34-35-36-37-38-39-40-42-44-46-48-50-52-58(62)59-56(55-66-67(63,64)65-54-53-60(3,4)5)57(61)51-49-47-45-43-41-17-15-13-11-9-7-2/h11,13,41,43,49,51,56-57,61H,6-10,12,14-40,42,44-48,50,52-55H2,1-5H3,(H-,59,62,63,64)/b13-11+,43-41+,51-49+. The fourth-order valence-corrected chi connectivity index (χ4v) is 9.27. The van der Waals surface area contributed by atoms with E-state index in [9.17, 15) is 19.4 Å². The number of allylic oxidation sites excluding steroid dienone is 5. The Morgan fingerprint density at radius 3 is 1.18 bits per heavy atom. The van der Waals surface area contributed by atoms with Crippen LogP contribution in [-0.4, -0.2) is 68.5 Å². The molecular formula is C58H113N2O6P. The summed E-state index contributed by atoms with van der Waals surface area (Å²) in [7, 11) is 1.24. The van der Waals surface area contributed by atoms with Gasteiger partial charge in [-0.15, -0.1) is 0 Å². The molecule has 1 amide bonds. The van der Waals surface area contributed by atoms with Crippen molar-refractivity contribution in [1.82, 2.24) is 5.32 Å². The highest BCUT2D eigenvalue weighted by Crippen LogP contribution is 2.38. The predicted molar refractivity (Wildman–Crippen MR) is 288 cm³/mol. The molecule has 396 valence electrons. The second kappa shape index (κ2) is 49.7. The van der Waals surface area contributed by atoms with E-state index in [1.54, 1.807) is 6.08 Å². The number of quaternary nitrogens is 1. The molecule has 0 aliphatic heterocycles. The lowest BCUT2D eigenvalue weighted by molar-refractivity contribution is -0.870. The lowest BCUT2D eigenvalue weighted by Gasteiger charge is -2.29. The first-order valence-electron chi connectivity index (χ1n) is 28.9. The quantitative estimate of drug-likeness (QED) is 0.0272. The van der Waals surface area contributed by atoms with E-state index in [2.05, 4.69) is 43.5 Å². The van der Waals surface area contributed by atoms with E-state index in [0.29, 0.717) is 17.4 Å². The molecule has 0 spiro atoms. The molecule has 0 rings (SSSR count). The second-order valence-electron chi connectivity index (χ2n) is 21.0. The zero-order chi connectivity index (χ0) is 49.2. The van der Waals surface area contributed by atoms with Crippen molar-refractivity contribution >= 4 is 13.7 Å². The number of rotatable bonds is 53. The van der Waals surface area contributed by atoms with Crippen molar-refractivity contribution in [2.45, 2.75) is 289 Å². The number of amides is 1. The number of aliphatic hydroxyl groups is 1. The SMILES string of the molecule is CCC/C=C/CC/C=C/CC/C=C/C(O)C(COP(=O)([O-])OCC[N+](C)(C)C)NC(=O)CCCCCCCCCCCCCCCCCCCCCCCCCCCCCCCCCCCC. The van der Waals surface area contributed by atoms with Gasteiger partial charge in [0.1, 0.15) is 13.2 Å². The van der Waals surface area contributed by atoms with Gasteiger partial charge in [-0.25, -0.2) is 0 Å². The van der Waals surface area contributed by atoms with E-state index < -0.39 is 26.6 Å². The number of nitrogens with one attached hydrogen (secondary N) is 1. The largest absolute Gasteiger partial charge is 0.756 e. The summed E-state index contributed by atoms with van der Waals surface area (Å²) in [5.74, 6) is -0.209. The number of nitrogens with zero attached hydrogens (tertiary/aromatic N) is 1. The summed E-state index contributed by atoms with van der Waals surface area (Å²) in [6.45, 7) is 4.56. The average Bonchev–Trinajstić information content (AvgIpc) is 3.29. The highest BCUT2D eigenvalue weighted by Gasteiger charge is 2.23. The van der Waals surface area contributed by atoms with Crippen molar-refractivity contribution in [2.75, 3.05) is 40.9 Å². The number of carbonyl (C=O) groups excluding carboxylic acids is 1. The molecule has 0 bridgehead atoms. The molecule has 9 heteroatoms. The molecule has 0 aromatic rings. The molecule has 0 fully saturated rings. The molecule has 0 radical (unpaired) electrons. The molecule has 0 aromatic heterocycles. The Balaban J connectivity index is 3.91. The van der Waals surface area contributed by atoms with Crippen LogP contribution in [0, 0.1) is 0 Å². The fraction of sp³-hybridized carbons (Fsp3) is 0.879. The third-order valence-electron chi connectivity index (χ3n) is 13.1. The van der Waals surface area contributed by atoms with Crippen LogP contribution < -0.4 is 10.2 Å². The molecule has 0 aliphatic rings. The molecule has 0 aromatic carbocycles. The number of hydrogen-bond acceptors (Lipinski definition) is 6. The maximum atomic E-state index is 12.9. The van der Waals surface area contributed by atoms with E-state index in [1.165, 1.54) is 205 Å². The van der Waals surface area contributed by atoms with Crippen molar-refractivity contribution in [3.63, 3.8) is 0 Å². The van der Waals surface area contributed by atoms with Gasteiger partial charge in [0.25, 0.3) is 7.82 Å². The van der Waals surface area contributed by atoms with E-state index in [1.807, 2.05) is 27.2 Å². The minimum Gasteiger partial charge on any atom is -0.756 e. The summed E-state index contributed by atoms with van der Waals surface area (Å²) in [6, 6.07) is -0.906. The van der Waals surface area contributed by atoms with Crippen LogP contribution in [0.1, 0.15) is 277 Å². The van der Waals surface area contributed by atoms with Gasteiger partial charge in [-0.1, -0.05) is 269 Å². The van der Waals surface area contributed by atoms with Crippen molar-refractivity contribution in [1.29, 1.82) is 0 Å². The Morgan fingerprint density at radius 1 is 0.507 bits per heavy atom. The lowest BCUT2D eigenvalue weighted by atomic mass is 10.0. The number of phosphoric acid groups is 1. The van der Waals surface area contributed by atoms with Crippen LogP contribution in [-0.2, 0) is 18.4 Å². The minimum absolute atomic E-state index is 0.00789. The van der Waals surface area contributed by atoms with Crippen LogP contribution in [0.3, 0.4) is 0 Å². The van der Waals surface area contributed by atoms with E-state index >= 15 is 0 Å². The maximum absolute atomic E-state index is 12.9. The molecule has 0 aliphatic carbocycles. The van der Waals surface area contributed by atoms with Crippen LogP contribution in [0.15, 0.2) is 36.5 Å². The Labute approximate surface area is 417 Å². The van der Waals surface area contributed by atoms with Gasteiger partial charge in [-0.2, -0.15) is 0 Å². The summed E-state index contributed by atoms with van der Waals surface area (Å²) in [5.41, 5.74) is 0. The zero-order valence-electron chi connectivity index (χ0n) is 45.1. The van der Waals surface area contributed by atoms with Crippen molar-refractivity contribution < 1.29 is 32.9 Å². The van der Waals surface area contributed by atoms with Gasteiger partial charge < -0.3 is 28.8 Å². The van der Waals surface area contributed by atoms with Crippen LogP contribution in [0.4, 0.5) is 0 Å². The number of aliphatic hydroxyl groups excluding tert-OH is 1. The Hall–Kier alpha value is -1.28. The maximum Gasteiger partial charge on any atom is 0.268 e. The molecular weight excluding hydrogens is 852 g/mol. The molecule has 2 N–H and O–H groups in total. The molecule has 67 heavy (non-hydrogen) atoms. The van der Waals surface area contributed by atoms with E-state index in [4.69, 9.17) is 9.05 Å². The monoisotopic (exact) mass is 965 g/mol. The van der Waals surface area contributed by atoms with Crippen LogP contribution in [0.5, 0.6) is 0 Å². The molecule has 0 heterocycles. The van der Waals surface area contributed by atoms with E-state index in [-0.39, 0.29) is 12.5 Å². The fourth-order valence-electron chi connectivity index (χ4n) is 8.55. The number of hydrogen-bond donors (Lipinski definition) is 2. The van der Waals surface area contributed by atoms with Crippen molar-refractivity contribution in [3.05, 3.63) is 36.5 Å². The van der Waals surface area contributed by atoms with Crippen LogP contribution in [0.25, 0.3) is 0 Å². The Morgan fingerprint density at radius 2 is 0.836 bits per heavy atom. The van der Waals surface area contributed by atoms with Gasteiger partial charge in [0.15, 0.2) is 0 Å². The highest BCUT2D eigenvalue weighted by atomic mass is 31.2. The predicted octanol–water partition coefficient (Wildman–Crippen LogP) is 16.7. The molecule has 8 nitrogen and oxygen atoms in total. The first-order valence-corrected chi connectivity index (χ1v) is 30.3. The van der Waals surface area contributed by atoms with Crippen molar-refractivity contribution in [3.8, 4) is 0 Å². The topological polar surface area (TPSA) is 108 Å². The Bertz CT molecular complexity index is 1190. The average molecular weight is 966 g/mol. The van der Waals surface area contributed by atoms with Crippen LogP contribution >= 0.6 is 7.82 Å². The Kier molecular flexibility index (Phi) is 48.7. The third-order valence-corrected chi connectivity index (χ3v) is 14.0. The summed E-state index contributed by atoms with van der Waals surface area (Å²) in [5, 5.41) is 13.8. The summed E-state index contributed by atoms with van der Waals surface area (Å²) in [4.78, 5) is 25.4. The van der Waals surface area contributed by atoms with Gasteiger partial charge in [0.05, 0.1) is 39.9 Å². The highest BCUT2D eigenvalue weighted by molar-refractivity contribution is 7.45. The summed E-state index contributed by atoms with van der Waals surface area (Å²) >= 11 is 0.